The maximum Gasteiger partial charge on any atom is 0.258 e. The highest BCUT2D eigenvalue weighted by Gasteiger charge is 2.15. The van der Waals surface area contributed by atoms with Crippen LogP contribution in [0.25, 0.3) is 0 Å². The van der Waals surface area contributed by atoms with Crippen molar-refractivity contribution < 1.29 is 4.79 Å². The second kappa shape index (κ2) is 7.67. The van der Waals surface area contributed by atoms with E-state index in [4.69, 9.17) is 46.4 Å². The van der Waals surface area contributed by atoms with Gasteiger partial charge in [-0.1, -0.05) is 64.6 Å². The first kappa shape index (κ1) is 18.1. The number of carbonyl (C=O) groups excluding carboxylic acids is 1. The SMILES string of the molecule is O=C(Nc1nn(Cc2ccccc2Cl)cc1Cl)c1ccc(Cl)cc1Cl. The molecule has 3 rings (SSSR count). The zero-order chi connectivity index (χ0) is 18.0. The second-order valence-corrected chi connectivity index (χ2v) is 6.85. The summed E-state index contributed by atoms with van der Waals surface area (Å²) in [6, 6.07) is 12.0. The number of anilines is 1. The lowest BCUT2D eigenvalue weighted by molar-refractivity contribution is 0.102. The van der Waals surface area contributed by atoms with Crippen LogP contribution in [0.15, 0.2) is 48.7 Å². The third-order valence-electron chi connectivity index (χ3n) is 3.41. The van der Waals surface area contributed by atoms with Gasteiger partial charge in [-0.05, 0) is 29.8 Å². The summed E-state index contributed by atoms with van der Waals surface area (Å²) in [5, 5.41) is 8.57. The van der Waals surface area contributed by atoms with Crippen molar-refractivity contribution in [1.82, 2.24) is 9.78 Å². The van der Waals surface area contributed by atoms with Crippen LogP contribution < -0.4 is 5.32 Å². The Labute approximate surface area is 164 Å². The lowest BCUT2D eigenvalue weighted by atomic mass is 10.2. The number of nitrogens with zero attached hydrogens (tertiary/aromatic N) is 2. The van der Waals surface area contributed by atoms with Crippen LogP contribution in [-0.4, -0.2) is 15.7 Å². The van der Waals surface area contributed by atoms with Crippen molar-refractivity contribution in [1.29, 1.82) is 0 Å². The zero-order valence-electron chi connectivity index (χ0n) is 12.6. The van der Waals surface area contributed by atoms with Crippen LogP contribution in [0.4, 0.5) is 5.82 Å². The molecule has 0 aliphatic carbocycles. The number of hydrogen-bond donors (Lipinski definition) is 1. The van der Waals surface area contributed by atoms with Crippen LogP contribution in [0.1, 0.15) is 15.9 Å². The quantitative estimate of drug-likeness (QED) is 0.586. The average Bonchev–Trinajstić information content (AvgIpc) is 2.89. The molecule has 0 aliphatic heterocycles. The summed E-state index contributed by atoms with van der Waals surface area (Å²) in [5.74, 6) is -0.184. The molecular formula is C17H11Cl4N3O. The smallest absolute Gasteiger partial charge is 0.258 e. The van der Waals surface area contributed by atoms with Gasteiger partial charge in [-0.25, -0.2) is 0 Å². The van der Waals surface area contributed by atoms with Crippen LogP contribution in [0.3, 0.4) is 0 Å². The third kappa shape index (κ3) is 4.28. The summed E-state index contributed by atoms with van der Waals surface area (Å²) >= 11 is 24.2. The standard InChI is InChI=1S/C17H11Cl4N3O/c18-11-5-6-12(14(20)7-11)17(25)22-16-15(21)9-24(23-16)8-10-3-1-2-4-13(10)19/h1-7,9H,8H2,(H,22,23,25). The Bertz CT molecular complexity index is 939. The number of amides is 1. The van der Waals surface area contributed by atoms with Gasteiger partial charge in [0, 0.05) is 16.2 Å². The van der Waals surface area contributed by atoms with Crippen molar-refractivity contribution in [2.75, 3.05) is 5.32 Å². The van der Waals surface area contributed by atoms with E-state index in [0.717, 1.165) is 5.56 Å². The number of aromatic nitrogens is 2. The van der Waals surface area contributed by atoms with Crippen molar-refractivity contribution >= 4 is 58.1 Å². The predicted molar refractivity (Wildman–Crippen MR) is 102 cm³/mol. The maximum atomic E-state index is 12.4. The predicted octanol–water partition coefficient (Wildman–Crippen LogP) is 5.80. The fourth-order valence-corrected chi connectivity index (χ4v) is 3.10. The third-order valence-corrected chi connectivity index (χ3v) is 4.61. The highest BCUT2D eigenvalue weighted by Crippen LogP contribution is 2.25. The van der Waals surface area contributed by atoms with Crippen LogP contribution in [0, 0.1) is 0 Å². The summed E-state index contributed by atoms with van der Waals surface area (Å²) < 4.78 is 1.60. The van der Waals surface area contributed by atoms with E-state index in [1.807, 2.05) is 18.2 Å². The molecule has 8 heteroatoms. The van der Waals surface area contributed by atoms with Crippen LogP contribution >= 0.6 is 46.4 Å². The highest BCUT2D eigenvalue weighted by atomic mass is 35.5. The molecule has 128 valence electrons. The van der Waals surface area contributed by atoms with E-state index in [0.29, 0.717) is 21.6 Å². The summed E-state index contributed by atoms with van der Waals surface area (Å²) in [4.78, 5) is 12.4. The largest absolute Gasteiger partial charge is 0.304 e. The Hall–Kier alpha value is -1.72. The molecule has 0 saturated heterocycles. The van der Waals surface area contributed by atoms with Gasteiger partial charge in [-0.2, -0.15) is 5.10 Å². The van der Waals surface area contributed by atoms with Gasteiger partial charge < -0.3 is 5.32 Å². The van der Waals surface area contributed by atoms with Gasteiger partial charge in [-0.3, -0.25) is 9.48 Å². The molecule has 1 aromatic heterocycles. The first-order valence-corrected chi connectivity index (χ1v) is 8.68. The molecule has 25 heavy (non-hydrogen) atoms. The second-order valence-electron chi connectivity index (χ2n) is 5.19. The number of hydrogen-bond acceptors (Lipinski definition) is 2. The first-order chi connectivity index (χ1) is 11.9. The van der Waals surface area contributed by atoms with Gasteiger partial charge in [0.15, 0.2) is 5.82 Å². The number of carbonyl (C=O) groups is 1. The fraction of sp³-hybridized carbons (Fsp3) is 0.0588. The summed E-state index contributed by atoms with van der Waals surface area (Å²) in [5.41, 5.74) is 1.17. The molecular weight excluding hydrogens is 404 g/mol. The Balaban J connectivity index is 1.78. The first-order valence-electron chi connectivity index (χ1n) is 7.17. The monoisotopic (exact) mass is 413 g/mol. The molecule has 2 aromatic carbocycles. The fourth-order valence-electron chi connectivity index (χ4n) is 2.21. The van der Waals surface area contributed by atoms with Crippen molar-refractivity contribution in [3.8, 4) is 0 Å². The molecule has 1 N–H and O–H groups in total. The summed E-state index contributed by atoms with van der Waals surface area (Å²) in [7, 11) is 0. The minimum Gasteiger partial charge on any atom is -0.304 e. The highest BCUT2D eigenvalue weighted by molar-refractivity contribution is 6.37. The Morgan fingerprint density at radius 1 is 1.00 bits per heavy atom. The average molecular weight is 415 g/mol. The van der Waals surface area contributed by atoms with Crippen LogP contribution in [0.2, 0.25) is 20.1 Å². The van der Waals surface area contributed by atoms with Gasteiger partial charge in [0.05, 0.1) is 17.1 Å². The van der Waals surface area contributed by atoms with Gasteiger partial charge in [0.1, 0.15) is 5.02 Å². The van der Waals surface area contributed by atoms with E-state index < -0.39 is 5.91 Å². The molecule has 1 heterocycles. The molecule has 4 nitrogen and oxygen atoms in total. The molecule has 1 amide bonds. The molecule has 3 aromatic rings. The number of nitrogens with one attached hydrogen (secondary N) is 1. The van der Waals surface area contributed by atoms with Crippen molar-refractivity contribution in [2.24, 2.45) is 0 Å². The molecule has 0 spiro atoms. The molecule has 0 radical (unpaired) electrons. The van der Waals surface area contributed by atoms with Crippen LogP contribution in [-0.2, 0) is 6.54 Å². The van der Waals surface area contributed by atoms with Gasteiger partial charge >= 0.3 is 0 Å². The van der Waals surface area contributed by atoms with E-state index in [9.17, 15) is 4.79 Å². The topological polar surface area (TPSA) is 46.9 Å². The van der Waals surface area contributed by atoms with E-state index in [-0.39, 0.29) is 16.4 Å². The molecule has 0 aliphatic rings. The zero-order valence-corrected chi connectivity index (χ0v) is 15.7. The van der Waals surface area contributed by atoms with Crippen LogP contribution in [0.5, 0.6) is 0 Å². The lowest BCUT2D eigenvalue weighted by Gasteiger charge is -2.06. The molecule has 0 unspecified atom stereocenters. The van der Waals surface area contributed by atoms with E-state index >= 15 is 0 Å². The van der Waals surface area contributed by atoms with Gasteiger partial charge in [0.25, 0.3) is 5.91 Å². The molecule has 0 bridgehead atoms. The molecule has 0 saturated carbocycles. The Morgan fingerprint density at radius 2 is 1.76 bits per heavy atom. The molecule has 0 fully saturated rings. The maximum absolute atomic E-state index is 12.4. The van der Waals surface area contributed by atoms with E-state index in [1.54, 1.807) is 23.0 Å². The minimum atomic E-state index is -0.424. The Morgan fingerprint density at radius 3 is 2.48 bits per heavy atom. The van der Waals surface area contributed by atoms with E-state index in [1.165, 1.54) is 12.1 Å². The van der Waals surface area contributed by atoms with Crippen molar-refractivity contribution in [3.05, 3.63) is 79.9 Å². The lowest BCUT2D eigenvalue weighted by Crippen LogP contribution is -2.13. The summed E-state index contributed by atoms with van der Waals surface area (Å²) in [6.07, 6.45) is 1.62. The van der Waals surface area contributed by atoms with E-state index in [2.05, 4.69) is 10.4 Å². The number of rotatable bonds is 4. The molecule has 0 atom stereocenters. The number of halogens is 4. The minimum absolute atomic E-state index is 0.240. The van der Waals surface area contributed by atoms with Crippen molar-refractivity contribution in [2.45, 2.75) is 6.54 Å². The normalized spacial score (nSPS) is 10.7. The van der Waals surface area contributed by atoms with Crippen molar-refractivity contribution in [3.63, 3.8) is 0 Å². The van der Waals surface area contributed by atoms with Gasteiger partial charge in [-0.15, -0.1) is 0 Å². The van der Waals surface area contributed by atoms with Gasteiger partial charge in [0.2, 0.25) is 0 Å². The Kier molecular flexibility index (Phi) is 5.54. The summed E-state index contributed by atoms with van der Waals surface area (Å²) in [6.45, 7) is 0.428. The number of benzene rings is 2.